The summed E-state index contributed by atoms with van der Waals surface area (Å²) in [5.41, 5.74) is 1.44. The Kier molecular flexibility index (Phi) is 8.77. The first-order chi connectivity index (χ1) is 11.8. The van der Waals surface area contributed by atoms with Crippen molar-refractivity contribution in [1.82, 2.24) is 10.2 Å². The summed E-state index contributed by atoms with van der Waals surface area (Å²) in [5, 5.41) is 3.40. The number of benzene rings is 1. The largest absolute Gasteiger partial charge is 0.343 e. The van der Waals surface area contributed by atoms with Crippen LogP contribution in [0.2, 0.25) is 0 Å². The van der Waals surface area contributed by atoms with Gasteiger partial charge in [-0.1, -0.05) is 30.3 Å². The van der Waals surface area contributed by atoms with Gasteiger partial charge in [0.2, 0.25) is 5.91 Å². The summed E-state index contributed by atoms with van der Waals surface area (Å²) in [6.45, 7) is 4.21. The maximum absolute atomic E-state index is 12.4. The second-order valence-electron chi connectivity index (χ2n) is 7.58. The molecule has 3 rings (SSSR count). The van der Waals surface area contributed by atoms with E-state index in [1.807, 2.05) is 0 Å². The van der Waals surface area contributed by atoms with Gasteiger partial charge < -0.3 is 10.2 Å². The summed E-state index contributed by atoms with van der Waals surface area (Å²) in [4.78, 5) is 14.6. The SMILES string of the molecule is Cl.O=C(CCC1CCNCC1)N1CCC(CCc2ccccc2)CC1. The number of piperidine rings is 2. The van der Waals surface area contributed by atoms with E-state index in [2.05, 4.69) is 40.5 Å². The van der Waals surface area contributed by atoms with Gasteiger partial charge in [0.25, 0.3) is 0 Å². The Balaban J connectivity index is 0.00000225. The van der Waals surface area contributed by atoms with Crippen molar-refractivity contribution in [1.29, 1.82) is 0 Å². The lowest BCUT2D eigenvalue weighted by Gasteiger charge is -2.32. The number of carbonyl (C=O) groups excluding carboxylic acids is 1. The molecule has 4 heteroatoms. The van der Waals surface area contributed by atoms with Gasteiger partial charge in [0.1, 0.15) is 0 Å². The highest BCUT2D eigenvalue weighted by Gasteiger charge is 2.23. The number of carbonyl (C=O) groups is 1. The third kappa shape index (κ3) is 6.63. The van der Waals surface area contributed by atoms with Crippen LogP contribution in [-0.2, 0) is 11.2 Å². The van der Waals surface area contributed by atoms with Crippen molar-refractivity contribution < 1.29 is 4.79 Å². The van der Waals surface area contributed by atoms with Crippen LogP contribution >= 0.6 is 12.4 Å². The fraction of sp³-hybridized carbons (Fsp3) is 0.667. The number of hydrogen-bond acceptors (Lipinski definition) is 2. The summed E-state index contributed by atoms with van der Waals surface area (Å²) in [7, 11) is 0. The van der Waals surface area contributed by atoms with Crippen LogP contribution < -0.4 is 5.32 Å². The van der Waals surface area contributed by atoms with E-state index in [0.29, 0.717) is 5.91 Å². The van der Waals surface area contributed by atoms with E-state index < -0.39 is 0 Å². The highest BCUT2D eigenvalue weighted by Crippen LogP contribution is 2.24. The number of hydrogen-bond donors (Lipinski definition) is 1. The molecule has 140 valence electrons. The van der Waals surface area contributed by atoms with Gasteiger partial charge in [-0.2, -0.15) is 0 Å². The van der Waals surface area contributed by atoms with Gasteiger partial charge in [-0.25, -0.2) is 0 Å². The summed E-state index contributed by atoms with van der Waals surface area (Å²) in [6, 6.07) is 10.8. The van der Waals surface area contributed by atoms with Crippen molar-refractivity contribution in [2.45, 2.75) is 51.4 Å². The molecule has 2 aliphatic heterocycles. The molecule has 1 amide bonds. The predicted octanol–water partition coefficient (Wildman–Crippen LogP) is 4.06. The lowest BCUT2D eigenvalue weighted by Crippen LogP contribution is -2.39. The van der Waals surface area contributed by atoms with E-state index >= 15 is 0 Å². The zero-order valence-corrected chi connectivity index (χ0v) is 16.1. The van der Waals surface area contributed by atoms with Gasteiger partial charge in [0.15, 0.2) is 0 Å². The third-order valence-electron chi connectivity index (χ3n) is 5.88. The van der Waals surface area contributed by atoms with Crippen molar-refractivity contribution in [3.8, 4) is 0 Å². The van der Waals surface area contributed by atoms with E-state index in [-0.39, 0.29) is 12.4 Å². The van der Waals surface area contributed by atoms with E-state index in [1.54, 1.807) is 0 Å². The van der Waals surface area contributed by atoms with Crippen molar-refractivity contribution in [3.05, 3.63) is 35.9 Å². The van der Waals surface area contributed by atoms with E-state index in [9.17, 15) is 4.79 Å². The zero-order chi connectivity index (χ0) is 16.6. The Hall–Kier alpha value is -1.06. The number of nitrogens with zero attached hydrogens (tertiary/aromatic N) is 1. The van der Waals surface area contributed by atoms with Gasteiger partial charge in [0, 0.05) is 19.5 Å². The number of likely N-dealkylation sites (tertiary alicyclic amines) is 1. The molecule has 2 fully saturated rings. The van der Waals surface area contributed by atoms with Gasteiger partial charge in [-0.3, -0.25) is 4.79 Å². The predicted molar refractivity (Wildman–Crippen MR) is 106 cm³/mol. The Morgan fingerprint density at radius 1 is 0.960 bits per heavy atom. The number of rotatable bonds is 6. The summed E-state index contributed by atoms with van der Waals surface area (Å²) in [5.74, 6) is 1.95. The average molecular weight is 365 g/mol. The Labute approximate surface area is 159 Å². The number of halogens is 1. The number of nitrogens with one attached hydrogen (secondary N) is 1. The highest BCUT2D eigenvalue weighted by atomic mass is 35.5. The van der Waals surface area contributed by atoms with E-state index in [0.717, 1.165) is 50.9 Å². The Bertz CT molecular complexity index is 494. The number of amides is 1. The highest BCUT2D eigenvalue weighted by molar-refractivity contribution is 5.85. The smallest absolute Gasteiger partial charge is 0.222 e. The molecule has 2 saturated heterocycles. The molecular formula is C21H33ClN2O. The van der Waals surface area contributed by atoms with Crippen LogP contribution in [0.4, 0.5) is 0 Å². The molecule has 0 radical (unpaired) electrons. The minimum Gasteiger partial charge on any atom is -0.343 e. The standard InChI is InChI=1S/C21H32N2O.ClH/c24-21(9-8-19-10-14-22-15-11-19)23-16-12-20(13-17-23)7-6-18-4-2-1-3-5-18;/h1-5,19-20,22H,6-17H2;1H. The van der Waals surface area contributed by atoms with Crippen molar-refractivity contribution in [2.24, 2.45) is 11.8 Å². The van der Waals surface area contributed by atoms with Crippen LogP contribution in [0.5, 0.6) is 0 Å². The quantitative estimate of drug-likeness (QED) is 0.825. The molecular weight excluding hydrogens is 332 g/mol. The Morgan fingerprint density at radius 3 is 2.28 bits per heavy atom. The average Bonchev–Trinajstić information content (AvgIpc) is 2.66. The minimum atomic E-state index is 0. The fourth-order valence-corrected chi connectivity index (χ4v) is 4.14. The van der Waals surface area contributed by atoms with Gasteiger partial charge in [-0.15, -0.1) is 12.4 Å². The molecule has 2 aliphatic rings. The van der Waals surface area contributed by atoms with Gasteiger partial charge in [0.05, 0.1) is 0 Å². The molecule has 0 unspecified atom stereocenters. The van der Waals surface area contributed by atoms with Gasteiger partial charge >= 0.3 is 0 Å². The molecule has 0 bridgehead atoms. The first kappa shape index (κ1) is 20.3. The summed E-state index contributed by atoms with van der Waals surface area (Å²) in [6.07, 6.45) is 9.16. The van der Waals surface area contributed by atoms with Crippen LogP contribution in [0.1, 0.15) is 50.5 Å². The van der Waals surface area contributed by atoms with Crippen LogP contribution in [-0.4, -0.2) is 37.0 Å². The second kappa shape index (κ2) is 10.8. The lowest BCUT2D eigenvalue weighted by molar-refractivity contribution is -0.133. The number of aryl methyl sites for hydroxylation is 1. The zero-order valence-electron chi connectivity index (χ0n) is 15.3. The lowest BCUT2D eigenvalue weighted by atomic mass is 9.90. The first-order valence-corrected chi connectivity index (χ1v) is 9.83. The summed E-state index contributed by atoms with van der Waals surface area (Å²) < 4.78 is 0. The maximum Gasteiger partial charge on any atom is 0.222 e. The third-order valence-corrected chi connectivity index (χ3v) is 5.88. The van der Waals surface area contributed by atoms with Crippen molar-refractivity contribution in [2.75, 3.05) is 26.2 Å². The topological polar surface area (TPSA) is 32.3 Å². The molecule has 2 heterocycles. The van der Waals surface area contributed by atoms with Crippen molar-refractivity contribution >= 4 is 18.3 Å². The first-order valence-electron chi connectivity index (χ1n) is 9.83. The molecule has 0 saturated carbocycles. The molecule has 0 aliphatic carbocycles. The molecule has 0 aromatic heterocycles. The minimum absolute atomic E-state index is 0. The van der Waals surface area contributed by atoms with Crippen LogP contribution in [0.15, 0.2) is 30.3 Å². The molecule has 1 N–H and O–H groups in total. The normalized spacial score (nSPS) is 19.4. The fourth-order valence-electron chi connectivity index (χ4n) is 4.14. The van der Waals surface area contributed by atoms with Crippen LogP contribution in [0.3, 0.4) is 0 Å². The molecule has 3 nitrogen and oxygen atoms in total. The molecule has 1 aromatic carbocycles. The summed E-state index contributed by atoms with van der Waals surface area (Å²) >= 11 is 0. The molecule has 0 spiro atoms. The molecule has 25 heavy (non-hydrogen) atoms. The van der Waals surface area contributed by atoms with E-state index in [4.69, 9.17) is 0 Å². The van der Waals surface area contributed by atoms with Crippen LogP contribution in [0, 0.1) is 11.8 Å². The van der Waals surface area contributed by atoms with Gasteiger partial charge in [-0.05, 0) is 75.4 Å². The molecule has 1 aromatic rings. The van der Waals surface area contributed by atoms with E-state index in [1.165, 1.54) is 44.1 Å². The monoisotopic (exact) mass is 364 g/mol. The second-order valence-corrected chi connectivity index (χ2v) is 7.58. The van der Waals surface area contributed by atoms with Crippen LogP contribution in [0.25, 0.3) is 0 Å². The molecule has 0 atom stereocenters. The van der Waals surface area contributed by atoms with Crippen molar-refractivity contribution in [3.63, 3.8) is 0 Å². The maximum atomic E-state index is 12.4. The Morgan fingerprint density at radius 2 is 1.60 bits per heavy atom.